The lowest BCUT2D eigenvalue weighted by Crippen LogP contribution is -2.09. The van der Waals surface area contributed by atoms with Gasteiger partial charge >= 0.3 is 5.97 Å². The van der Waals surface area contributed by atoms with Crippen LogP contribution in [0.15, 0.2) is 59.1 Å². The van der Waals surface area contributed by atoms with Crippen molar-refractivity contribution >= 4 is 21.9 Å². The average Bonchev–Trinajstić information content (AvgIpc) is 2.58. The Hall–Kier alpha value is -2.53. The zero-order valence-electron chi connectivity index (χ0n) is 13.3. The van der Waals surface area contributed by atoms with E-state index in [1.54, 1.807) is 30.3 Å². The number of hydrogen-bond donors (Lipinski definition) is 0. The van der Waals surface area contributed by atoms with E-state index in [9.17, 15) is 4.79 Å². The van der Waals surface area contributed by atoms with Crippen LogP contribution in [0, 0.1) is 13.8 Å². The van der Waals surface area contributed by atoms with E-state index >= 15 is 0 Å². The zero-order chi connectivity index (χ0) is 17.1. The quantitative estimate of drug-likeness (QED) is 0.613. The van der Waals surface area contributed by atoms with Gasteiger partial charge in [-0.1, -0.05) is 39.7 Å². The van der Waals surface area contributed by atoms with Crippen LogP contribution in [0.1, 0.15) is 21.5 Å². The summed E-state index contributed by atoms with van der Waals surface area (Å²) in [5.41, 5.74) is 4.49. The zero-order valence-corrected chi connectivity index (χ0v) is 14.9. The van der Waals surface area contributed by atoms with Crippen molar-refractivity contribution in [3.63, 3.8) is 0 Å². The van der Waals surface area contributed by atoms with E-state index in [0.717, 1.165) is 26.9 Å². The summed E-state index contributed by atoms with van der Waals surface area (Å²) in [7, 11) is 0. The van der Waals surface area contributed by atoms with Crippen molar-refractivity contribution in [2.75, 3.05) is 0 Å². The largest absolute Gasteiger partial charge is 0.402 e. The van der Waals surface area contributed by atoms with Gasteiger partial charge < -0.3 is 4.74 Å². The summed E-state index contributed by atoms with van der Waals surface area (Å²) < 4.78 is 6.08. The Balaban J connectivity index is 1.80. The third kappa shape index (κ3) is 3.68. The van der Waals surface area contributed by atoms with E-state index in [1.165, 1.54) is 0 Å². The van der Waals surface area contributed by atoms with Crippen LogP contribution in [0.25, 0.3) is 11.3 Å². The van der Waals surface area contributed by atoms with Gasteiger partial charge in [-0.25, -0.2) is 4.79 Å². The van der Waals surface area contributed by atoms with E-state index in [-0.39, 0.29) is 5.88 Å². The van der Waals surface area contributed by atoms with Crippen LogP contribution >= 0.6 is 15.9 Å². The van der Waals surface area contributed by atoms with Crippen LogP contribution in [0.3, 0.4) is 0 Å². The molecule has 1 heterocycles. The third-order valence-electron chi connectivity index (χ3n) is 3.57. The highest BCUT2D eigenvalue weighted by atomic mass is 79.9. The molecule has 0 spiro atoms. The number of aryl methyl sites for hydroxylation is 2. The molecule has 2 aromatic carbocycles. The monoisotopic (exact) mass is 382 g/mol. The molecule has 0 unspecified atom stereocenters. The fraction of sp³-hybridized carbons (Fsp3) is 0.105. The maximum absolute atomic E-state index is 12.1. The molecule has 0 atom stereocenters. The first-order valence-electron chi connectivity index (χ1n) is 7.42. The maximum atomic E-state index is 12.1. The number of nitrogens with zero attached hydrogens (tertiary/aromatic N) is 2. The number of rotatable bonds is 3. The van der Waals surface area contributed by atoms with E-state index < -0.39 is 5.97 Å². The minimum absolute atomic E-state index is 0.175. The fourth-order valence-corrected chi connectivity index (χ4v) is 2.70. The predicted molar refractivity (Wildman–Crippen MR) is 96.0 cm³/mol. The molecule has 0 saturated heterocycles. The highest BCUT2D eigenvalue weighted by molar-refractivity contribution is 9.10. The second kappa shape index (κ2) is 6.93. The van der Waals surface area contributed by atoms with Crippen molar-refractivity contribution < 1.29 is 9.53 Å². The van der Waals surface area contributed by atoms with Crippen molar-refractivity contribution in [3.8, 4) is 17.1 Å². The predicted octanol–water partition coefficient (Wildman–Crippen LogP) is 4.74. The molecule has 3 aromatic rings. The second-order valence-corrected chi connectivity index (χ2v) is 6.39. The van der Waals surface area contributed by atoms with Crippen LogP contribution in [0.4, 0.5) is 0 Å². The topological polar surface area (TPSA) is 52.1 Å². The molecule has 0 saturated carbocycles. The lowest BCUT2D eigenvalue weighted by Gasteiger charge is -2.07. The molecule has 0 aliphatic carbocycles. The number of aromatic nitrogens is 2. The molecule has 1 aromatic heterocycles. The highest BCUT2D eigenvalue weighted by Gasteiger charge is 2.11. The van der Waals surface area contributed by atoms with E-state index in [1.807, 2.05) is 26.0 Å². The number of halogens is 1. The minimum Gasteiger partial charge on any atom is -0.402 e. The average molecular weight is 383 g/mol. The van der Waals surface area contributed by atoms with E-state index in [4.69, 9.17) is 4.74 Å². The molecule has 24 heavy (non-hydrogen) atoms. The van der Waals surface area contributed by atoms with E-state index in [2.05, 4.69) is 38.3 Å². The molecule has 0 bridgehead atoms. The van der Waals surface area contributed by atoms with Crippen molar-refractivity contribution in [2.24, 2.45) is 0 Å². The van der Waals surface area contributed by atoms with Gasteiger partial charge in [0.2, 0.25) is 5.88 Å². The lowest BCUT2D eigenvalue weighted by molar-refractivity contribution is 0.0726. The first-order chi connectivity index (χ1) is 11.5. The van der Waals surface area contributed by atoms with E-state index in [0.29, 0.717) is 5.56 Å². The molecule has 120 valence electrons. The molecule has 0 N–H and O–H groups in total. The molecule has 3 rings (SSSR count). The van der Waals surface area contributed by atoms with Crippen molar-refractivity contribution in [2.45, 2.75) is 13.8 Å². The second-order valence-electron chi connectivity index (χ2n) is 5.48. The Morgan fingerprint density at radius 2 is 1.83 bits per heavy atom. The summed E-state index contributed by atoms with van der Waals surface area (Å²) in [6.45, 7) is 4.06. The summed E-state index contributed by atoms with van der Waals surface area (Å²) in [5.74, 6) is -0.292. The van der Waals surface area contributed by atoms with Gasteiger partial charge in [-0.15, -0.1) is 10.2 Å². The van der Waals surface area contributed by atoms with Crippen molar-refractivity contribution in [1.82, 2.24) is 10.2 Å². The van der Waals surface area contributed by atoms with Crippen LogP contribution in [0.5, 0.6) is 5.88 Å². The van der Waals surface area contributed by atoms with Crippen LogP contribution in [-0.4, -0.2) is 16.2 Å². The Morgan fingerprint density at radius 3 is 2.54 bits per heavy atom. The molecule has 0 amide bonds. The van der Waals surface area contributed by atoms with Gasteiger partial charge in [0.1, 0.15) is 0 Å². The van der Waals surface area contributed by atoms with Gasteiger partial charge in [-0.05, 0) is 49.7 Å². The van der Waals surface area contributed by atoms with Gasteiger partial charge in [0.05, 0.1) is 11.3 Å². The van der Waals surface area contributed by atoms with Gasteiger partial charge in [-0.2, -0.15) is 0 Å². The van der Waals surface area contributed by atoms with Crippen LogP contribution in [-0.2, 0) is 0 Å². The van der Waals surface area contributed by atoms with Gasteiger partial charge in [0.15, 0.2) is 0 Å². The molecule has 4 nitrogen and oxygen atoms in total. The summed E-state index contributed by atoms with van der Waals surface area (Å²) in [6.07, 6.45) is 0. The smallest absolute Gasteiger partial charge is 0.344 e. The Kier molecular flexibility index (Phi) is 4.71. The molecule has 0 aliphatic heterocycles. The molecular formula is C19H15BrN2O2. The number of benzene rings is 2. The van der Waals surface area contributed by atoms with Gasteiger partial charge in [0, 0.05) is 16.1 Å². The number of ether oxygens (including phenoxy) is 1. The highest BCUT2D eigenvalue weighted by Crippen LogP contribution is 2.23. The van der Waals surface area contributed by atoms with Crippen molar-refractivity contribution in [1.29, 1.82) is 0 Å². The first-order valence-corrected chi connectivity index (χ1v) is 8.21. The Morgan fingerprint density at radius 1 is 1.00 bits per heavy atom. The molecule has 0 fully saturated rings. The molecule has 0 aliphatic rings. The normalized spacial score (nSPS) is 10.5. The summed E-state index contributed by atoms with van der Waals surface area (Å²) in [6, 6.07) is 16.6. The summed E-state index contributed by atoms with van der Waals surface area (Å²) in [4.78, 5) is 12.1. The number of carbonyl (C=O) groups is 1. The summed E-state index contributed by atoms with van der Waals surface area (Å²) in [5, 5.41) is 8.19. The minimum atomic E-state index is -0.468. The van der Waals surface area contributed by atoms with Crippen LogP contribution in [0.2, 0.25) is 0 Å². The lowest BCUT2D eigenvalue weighted by atomic mass is 10.0. The molecule has 0 radical (unpaired) electrons. The third-order valence-corrected chi connectivity index (χ3v) is 4.06. The SMILES string of the molecule is Cc1ccc(C)c(-c2ccc(OC(=O)c3cccc(Br)c3)nn2)c1. The van der Waals surface area contributed by atoms with Gasteiger partial charge in [0.25, 0.3) is 0 Å². The standard InChI is InChI=1S/C19H15BrN2O2/c1-12-6-7-13(2)16(10-12)17-8-9-18(22-21-17)24-19(23)14-4-3-5-15(20)11-14/h3-11H,1-2H3. The molecular weight excluding hydrogens is 368 g/mol. The summed E-state index contributed by atoms with van der Waals surface area (Å²) >= 11 is 3.33. The first kappa shape index (κ1) is 16.3. The maximum Gasteiger partial charge on any atom is 0.344 e. The van der Waals surface area contributed by atoms with Gasteiger partial charge in [-0.3, -0.25) is 0 Å². The Labute approximate surface area is 148 Å². The Bertz CT molecular complexity index is 892. The van der Waals surface area contributed by atoms with Crippen LogP contribution < -0.4 is 4.74 Å². The fourth-order valence-electron chi connectivity index (χ4n) is 2.30. The number of esters is 1. The number of hydrogen-bond acceptors (Lipinski definition) is 4. The number of carbonyl (C=O) groups excluding carboxylic acids is 1. The van der Waals surface area contributed by atoms with Crippen molar-refractivity contribution in [3.05, 3.63) is 75.8 Å². The molecule has 5 heteroatoms.